The van der Waals surface area contributed by atoms with Crippen molar-refractivity contribution in [1.82, 2.24) is 24.8 Å². The van der Waals surface area contributed by atoms with Crippen molar-refractivity contribution in [2.24, 2.45) is 0 Å². The van der Waals surface area contributed by atoms with Gasteiger partial charge in [0, 0.05) is 5.75 Å². The largest absolute Gasteiger partial charge is 0.345 e. The topological polar surface area (TPSA) is 71.4 Å². The van der Waals surface area contributed by atoms with E-state index >= 15 is 0 Å². The Labute approximate surface area is 107 Å². The lowest BCUT2D eigenvalue weighted by Crippen LogP contribution is -2.27. The first-order chi connectivity index (χ1) is 8.90. The molecule has 0 spiro atoms. The van der Waals surface area contributed by atoms with E-state index in [0.29, 0.717) is 0 Å². The predicted octanol–water partition coefficient (Wildman–Crippen LogP) is 1.54. The van der Waals surface area contributed by atoms with Gasteiger partial charge < -0.3 is 10.4 Å². The van der Waals surface area contributed by atoms with E-state index in [1.165, 1.54) is 5.56 Å². The summed E-state index contributed by atoms with van der Waals surface area (Å²) in [5, 5.41) is 8.82. The van der Waals surface area contributed by atoms with Crippen LogP contribution in [0.1, 0.15) is 11.6 Å². The minimum atomic E-state index is 0.256. The molecule has 6 nitrogen and oxygen atoms in total. The Hall–Kier alpha value is -2.02. The lowest BCUT2D eigenvalue weighted by atomic mass is 10.1. The number of nitrogens with zero attached hydrogens (tertiary/aromatic N) is 4. The molecule has 0 bridgehead atoms. The normalized spacial score (nSPS) is 18.6. The maximum Gasteiger partial charge on any atom is 0.209 e. The van der Waals surface area contributed by atoms with Gasteiger partial charge in [-0.25, -0.2) is 9.66 Å². The average Bonchev–Trinajstić information content (AvgIpc) is 3.05. The summed E-state index contributed by atoms with van der Waals surface area (Å²) in [6.07, 6.45) is 3.42. The fourth-order valence-corrected chi connectivity index (χ4v) is 3.04. The second-order valence-corrected chi connectivity index (χ2v) is 5.14. The molecule has 90 valence electrons. The average molecular weight is 258 g/mol. The molecule has 4 rings (SSSR count). The second kappa shape index (κ2) is 3.74. The number of hydrogen-bond acceptors (Lipinski definition) is 5. The van der Waals surface area contributed by atoms with Crippen LogP contribution in [0.4, 0.5) is 0 Å². The smallest absolute Gasteiger partial charge is 0.209 e. The molecule has 7 heteroatoms. The highest BCUT2D eigenvalue weighted by Gasteiger charge is 2.21. The Morgan fingerprint density at radius 1 is 1.39 bits per heavy atom. The third-order valence-corrected chi connectivity index (χ3v) is 4.07. The first-order valence-electron chi connectivity index (χ1n) is 5.62. The molecule has 1 aromatic carbocycles. The molecular formula is C11H10N6S. The molecule has 0 fully saturated rings. The molecule has 1 unspecified atom stereocenters. The molecule has 0 aliphatic carbocycles. The van der Waals surface area contributed by atoms with Crippen LogP contribution in [0.3, 0.4) is 0 Å². The van der Waals surface area contributed by atoms with E-state index in [9.17, 15) is 0 Å². The van der Waals surface area contributed by atoms with E-state index in [0.717, 1.165) is 21.9 Å². The van der Waals surface area contributed by atoms with Gasteiger partial charge >= 0.3 is 0 Å². The van der Waals surface area contributed by atoms with Gasteiger partial charge in [-0.2, -0.15) is 0 Å². The molecule has 18 heavy (non-hydrogen) atoms. The lowest BCUT2D eigenvalue weighted by Gasteiger charge is -2.25. The van der Waals surface area contributed by atoms with Crippen molar-refractivity contribution in [2.45, 2.75) is 11.2 Å². The van der Waals surface area contributed by atoms with Gasteiger partial charge in [0.25, 0.3) is 0 Å². The summed E-state index contributed by atoms with van der Waals surface area (Å²) >= 11 is 1.71. The van der Waals surface area contributed by atoms with Gasteiger partial charge in [0.1, 0.15) is 6.33 Å². The van der Waals surface area contributed by atoms with Gasteiger partial charge in [-0.3, -0.25) is 0 Å². The van der Waals surface area contributed by atoms with E-state index in [4.69, 9.17) is 0 Å². The van der Waals surface area contributed by atoms with Gasteiger partial charge in [-0.1, -0.05) is 17.8 Å². The summed E-state index contributed by atoms with van der Waals surface area (Å²) < 4.78 is 1.87. The van der Waals surface area contributed by atoms with Crippen LogP contribution < -0.4 is 5.43 Å². The van der Waals surface area contributed by atoms with Gasteiger partial charge in [-0.15, -0.1) is 10.2 Å². The molecule has 1 atom stereocenters. The summed E-state index contributed by atoms with van der Waals surface area (Å²) in [5.41, 5.74) is 6.68. The van der Waals surface area contributed by atoms with Crippen LogP contribution >= 0.6 is 11.8 Å². The van der Waals surface area contributed by atoms with Crippen LogP contribution in [0, 0.1) is 0 Å². The zero-order valence-corrected chi connectivity index (χ0v) is 10.2. The first-order valence-corrected chi connectivity index (χ1v) is 6.61. The molecule has 0 amide bonds. The second-order valence-electron chi connectivity index (χ2n) is 4.16. The van der Waals surface area contributed by atoms with Crippen molar-refractivity contribution < 1.29 is 0 Å². The molecule has 2 N–H and O–H groups in total. The van der Waals surface area contributed by atoms with E-state index in [-0.39, 0.29) is 6.04 Å². The van der Waals surface area contributed by atoms with Gasteiger partial charge in [-0.05, 0) is 17.7 Å². The number of imidazole rings is 1. The Morgan fingerprint density at radius 2 is 2.39 bits per heavy atom. The number of H-pyrrole nitrogens is 1. The van der Waals surface area contributed by atoms with E-state index in [1.54, 1.807) is 24.4 Å². The SMILES string of the molecule is c1nc2ccc(C3CSc4nncn4N3)cc2[nH]1. The van der Waals surface area contributed by atoms with Crippen molar-refractivity contribution in [3.63, 3.8) is 0 Å². The molecule has 0 saturated heterocycles. The number of thioether (sulfide) groups is 1. The summed E-state index contributed by atoms with van der Waals surface area (Å²) in [5.74, 6) is 0.943. The Morgan fingerprint density at radius 3 is 3.39 bits per heavy atom. The molecule has 1 aliphatic rings. The highest BCUT2D eigenvalue weighted by molar-refractivity contribution is 7.99. The minimum Gasteiger partial charge on any atom is -0.345 e. The van der Waals surface area contributed by atoms with Crippen molar-refractivity contribution in [2.75, 3.05) is 11.2 Å². The maximum absolute atomic E-state index is 4.23. The summed E-state index contributed by atoms with van der Waals surface area (Å²) in [7, 11) is 0. The number of fused-ring (bicyclic) bond motifs is 2. The molecule has 1 aliphatic heterocycles. The predicted molar refractivity (Wildman–Crippen MR) is 68.9 cm³/mol. The molecular weight excluding hydrogens is 248 g/mol. The van der Waals surface area contributed by atoms with Crippen molar-refractivity contribution >= 4 is 22.8 Å². The number of benzene rings is 1. The monoisotopic (exact) mass is 258 g/mol. The highest BCUT2D eigenvalue weighted by Crippen LogP contribution is 2.29. The standard InChI is InChI=1S/C11H10N6S/c1-2-8-9(13-5-12-8)3-7(1)10-4-18-11-15-14-6-17(11)16-10/h1-3,5-6,10,16H,4H2,(H,12,13). The number of nitrogens with one attached hydrogen (secondary N) is 2. The number of aromatic nitrogens is 5. The summed E-state index contributed by atoms with van der Waals surface area (Å²) in [4.78, 5) is 7.36. The van der Waals surface area contributed by atoms with Crippen molar-refractivity contribution in [3.8, 4) is 0 Å². The summed E-state index contributed by atoms with van der Waals surface area (Å²) in [6.45, 7) is 0. The molecule has 0 saturated carbocycles. The van der Waals surface area contributed by atoms with Crippen LogP contribution in [-0.4, -0.2) is 30.6 Å². The third-order valence-electron chi connectivity index (χ3n) is 3.04. The Balaban J connectivity index is 1.71. The van der Waals surface area contributed by atoms with Crippen molar-refractivity contribution in [3.05, 3.63) is 36.4 Å². The number of hydrogen-bond donors (Lipinski definition) is 2. The number of aromatic amines is 1. The molecule has 3 aromatic rings. The fourth-order valence-electron chi connectivity index (χ4n) is 2.12. The lowest BCUT2D eigenvalue weighted by molar-refractivity contribution is 0.659. The van der Waals surface area contributed by atoms with Gasteiger partial charge in [0.2, 0.25) is 5.16 Å². The van der Waals surface area contributed by atoms with Crippen molar-refractivity contribution in [1.29, 1.82) is 0 Å². The zero-order valence-electron chi connectivity index (χ0n) is 9.37. The Kier molecular flexibility index (Phi) is 2.07. The third kappa shape index (κ3) is 1.47. The number of rotatable bonds is 1. The van der Waals surface area contributed by atoms with Crippen LogP contribution in [0.5, 0.6) is 0 Å². The molecule has 0 radical (unpaired) electrons. The quantitative estimate of drug-likeness (QED) is 0.693. The molecule has 3 heterocycles. The van der Waals surface area contributed by atoms with Crippen LogP contribution in [-0.2, 0) is 0 Å². The minimum absolute atomic E-state index is 0.256. The highest BCUT2D eigenvalue weighted by atomic mass is 32.2. The van der Waals surface area contributed by atoms with Crippen LogP contribution in [0.25, 0.3) is 11.0 Å². The maximum atomic E-state index is 4.23. The van der Waals surface area contributed by atoms with Crippen LogP contribution in [0.15, 0.2) is 36.0 Å². The van der Waals surface area contributed by atoms with E-state index in [2.05, 4.69) is 37.7 Å². The fraction of sp³-hybridized carbons (Fsp3) is 0.182. The van der Waals surface area contributed by atoms with E-state index < -0.39 is 0 Å². The summed E-state index contributed by atoms with van der Waals surface area (Å²) in [6, 6.07) is 6.54. The Bertz CT molecular complexity index is 702. The van der Waals surface area contributed by atoms with E-state index in [1.807, 2.05) is 10.7 Å². The van der Waals surface area contributed by atoms with Gasteiger partial charge in [0.05, 0.1) is 23.4 Å². The first kappa shape index (κ1) is 9.95. The van der Waals surface area contributed by atoms with Gasteiger partial charge in [0.15, 0.2) is 0 Å². The molecule has 2 aromatic heterocycles. The zero-order chi connectivity index (χ0) is 11.9. The van der Waals surface area contributed by atoms with Crippen LogP contribution in [0.2, 0.25) is 0 Å².